The maximum absolute atomic E-state index is 11.6. The SMILES string of the molecule is Cc1nc2ccc(C(=O)NCC(=O)O)cc2s1. The van der Waals surface area contributed by atoms with Crippen LogP contribution < -0.4 is 5.32 Å². The van der Waals surface area contributed by atoms with E-state index in [0.29, 0.717) is 5.56 Å². The molecule has 0 saturated heterocycles. The smallest absolute Gasteiger partial charge is 0.322 e. The largest absolute Gasteiger partial charge is 0.480 e. The molecule has 17 heavy (non-hydrogen) atoms. The lowest BCUT2D eigenvalue weighted by Gasteiger charge is -2.01. The molecule has 1 amide bonds. The Hall–Kier alpha value is -1.95. The summed E-state index contributed by atoms with van der Waals surface area (Å²) in [5.74, 6) is -1.45. The van der Waals surface area contributed by atoms with Crippen molar-refractivity contribution in [3.8, 4) is 0 Å². The summed E-state index contributed by atoms with van der Waals surface area (Å²) in [4.78, 5) is 26.2. The monoisotopic (exact) mass is 250 g/mol. The van der Waals surface area contributed by atoms with Gasteiger partial charge < -0.3 is 10.4 Å². The van der Waals surface area contributed by atoms with Crippen molar-refractivity contribution in [3.63, 3.8) is 0 Å². The van der Waals surface area contributed by atoms with Gasteiger partial charge in [0.05, 0.1) is 15.2 Å². The number of carbonyl (C=O) groups excluding carboxylic acids is 1. The Morgan fingerprint density at radius 3 is 2.94 bits per heavy atom. The summed E-state index contributed by atoms with van der Waals surface area (Å²) < 4.78 is 0.922. The Balaban J connectivity index is 2.23. The molecule has 0 aliphatic rings. The van der Waals surface area contributed by atoms with E-state index in [1.807, 2.05) is 6.92 Å². The first kappa shape index (κ1) is 11.5. The number of nitrogens with zero attached hydrogens (tertiary/aromatic N) is 1. The number of fused-ring (bicyclic) bond motifs is 1. The Morgan fingerprint density at radius 2 is 2.24 bits per heavy atom. The third-order valence-corrected chi connectivity index (χ3v) is 3.09. The lowest BCUT2D eigenvalue weighted by Crippen LogP contribution is -2.29. The van der Waals surface area contributed by atoms with Crippen LogP contribution in [-0.4, -0.2) is 28.5 Å². The van der Waals surface area contributed by atoms with Crippen molar-refractivity contribution in [3.05, 3.63) is 28.8 Å². The van der Waals surface area contributed by atoms with E-state index in [1.54, 1.807) is 18.2 Å². The van der Waals surface area contributed by atoms with Crippen molar-refractivity contribution in [2.45, 2.75) is 6.92 Å². The van der Waals surface area contributed by atoms with Gasteiger partial charge in [-0.05, 0) is 25.1 Å². The minimum Gasteiger partial charge on any atom is -0.480 e. The number of nitrogens with one attached hydrogen (secondary N) is 1. The van der Waals surface area contributed by atoms with Gasteiger partial charge in [-0.3, -0.25) is 9.59 Å². The van der Waals surface area contributed by atoms with Gasteiger partial charge >= 0.3 is 5.97 Å². The van der Waals surface area contributed by atoms with E-state index in [1.165, 1.54) is 11.3 Å². The molecule has 0 bridgehead atoms. The van der Waals surface area contributed by atoms with E-state index in [-0.39, 0.29) is 12.5 Å². The number of aromatic nitrogens is 1. The predicted octanol–water partition coefficient (Wildman–Crippen LogP) is 1.42. The first-order valence-corrected chi connectivity index (χ1v) is 5.75. The van der Waals surface area contributed by atoms with Crippen molar-refractivity contribution >= 4 is 33.4 Å². The lowest BCUT2D eigenvalue weighted by atomic mass is 10.2. The van der Waals surface area contributed by atoms with Crippen LogP contribution in [0.15, 0.2) is 18.2 Å². The summed E-state index contributed by atoms with van der Waals surface area (Å²) in [6.07, 6.45) is 0. The van der Waals surface area contributed by atoms with Crippen LogP contribution in [0.3, 0.4) is 0 Å². The highest BCUT2D eigenvalue weighted by Gasteiger charge is 2.09. The first-order chi connectivity index (χ1) is 8.06. The number of amides is 1. The fourth-order valence-electron chi connectivity index (χ4n) is 1.44. The number of benzene rings is 1. The van der Waals surface area contributed by atoms with E-state index < -0.39 is 5.97 Å². The van der Waals surface area contributed by atoms with Crippen molar-refractivity contribution in [2.24, 2.45) is 0 Å². The second-order valence-electron chi connectivity index (χ2n) is 3.49. The third-order valence-electron chi connectivity index (χ3n) is 2.16. The van der Waals surface area contributed by atoms with Crippen molar-refractivity contribution in [1.29, 1.82) is 0 Å². The fraction of sp³-hybridized carbons (Fsp3) is 0.182. The number of aliphatic carboxylic acids is 1. The minimum atomic E-state index is -1.06. The number of rotatable bonds is 3. The molecule has 0 spiro atoms. The summed E-state index contributed by atoms with van der Waals surface area (Å²) in [5, 5.41) is 11.7. The molecule has 0 fully saturated rings. The number of hydrogen-bond donors (Lipinski definition) is 2. The zero-order valence-corrected chi connectivity index (χ0v) is 9.87. The maximum Gasteiger partial charge on any atom is 0.322 e. The van der Waals surface area contributed by atoms with Gasteiger partial charge in [-0.1, -0.05) is 0 Å². The van der Waals surface area contributed by atoms with Gasteiger partial charge in [0.15, 0.2) is 0 Å². The second-order valence-corrected chi connectivity index (χ2v) is 4.73. The average molecular weight is 250 g/mol. The van der Waals surface area contributed by atoms with E-state index in [2.05, 4.69) is 10.3 Å². The van der Waals surface area contributed by atoms with Crippen LogP contribution in [0.5, 0.6) is 0 Å². The van der Waals surface area contributed by atoms with E-state index >= 15 is 0 Å². The van der Waals surface area contributed by atoms with Gasteiger partial charge in [0.2, 0.25) is 0 Å². The van der Waals surface area contributed by atoms with Gasteiger partial charge in [-0.15, -0.1) is 11.3 Å². The number of carboxylic acids is 1. The summed E-state index contributed by atoms with van der Waals surface area (Å²) in [6.45, 7) is 1.52. The van der Waals surface area contributed by atoms with Crippen LogP contribution in [-0.2, 0) is 4.79 Å². The molecule has 0 radical (unpaired) electrons. The summed E-state index contributed by atoms with van der Waals surface area (Å²) in [5.41, 5.74) is 1.30. The molecule has 1 aromatic heterocycles. The number of thiazole rings is 1. The van der Waals surface area contributed by atoms with Gasteiger partial charge in [0.1, 0.15) is 6.54 Å². The normalized spacial score (nSPS) is 10.4. The Morgan fingerprint density at radius 1 is 1.47 bits per heavy atom. The second kappa shape index (κ2) is 4.50. The van der Waals surface area contributed by atoms with Crippen LogP contribution in [0.4, 0.5) is 0 Å². The molecule has 2 rings (SSSR count). The molecular weight excluding hydrogens is 240 g/mol. The van der Waals surface area contributed by atoms with Gasteiger partial charge in [0.25, 0.3) is 5.91 Å². The molecule has 0 unspecified atom stereocenters. The highest BCUT2D eigenvalue weighted by atomic mass is 32.1. The molecule has 6 heteroatoms. The van der Waals surface area contributed by atoms with Gasteiger partial charge in [-0.2, -0.15) is 0 Å². The molecule has 0 aliphatic carbocycles. The van der Waals surface area contributed by atoms with Crippen LogP contribution in [0, 0.1) is 6.92 Å². The number of carbonyl (C=O) groups is 2. The topological polar surface area (TPSA) is 79.3 Å². The molecule has 88 valence electrons. The molecule has 5 nitrogen and oxygen atoms in total. The van der Waals surface area contributed by atoms with E-state index in [9.17, 15) is 9.59 Å². The van der Waals surface area contributed by atoms with Crippen LogP contribution in [0.1, 0.15) is 15.4 Å². The lowest BCUT2D eigenvalue weighted by molar-refractivity contribution is -0.135. The quantitative estimate of drug-likeness (QED) is 0.863. The van der Waals surface area contributed by atoms with Gasteiger partial charge in [-0.25, -0.2) is 4.98 Å². The van der Waals surface area contributed by atoms with Crippen molar-refractivity contribution in [2.75, 3.05) is 6.54 Å². The van der Waals surface area contributed by atoms with Gasteiger partial charge in [0, 0.05) is 5.56 Å². The summed E-state index contributed by atoms with van der Waals surface area (Å²) >= 11 is 1.50. The van der Waals surface area contributed by atoms with Crippen LogP contribution >= 0.6 is 11.3 Å². The predicted molar refractivity (Wildman–Crippen MR) is 64.3 cm³/mol. The van der Waals surface area contributed by atoms with Crippen LogP contribution in [0.25, 0.3) is 10.2 Å². The molecular formula is C11H10N2O3S. The maximum atomic E-state index is 11.6. The molecule has 2 aromatic rings. The molecule has 0 saturated carbocycles. The highest BCUT2D eigenvalue weighted by molar-refractivity contribution is 7.18. The van der Waals surface area contributed by atoms with Crippen molar-refractivity contribution < 1.29 is 14.7 Å². The molecule has 2 N–H and O–H groups in total. The average Bonchev–Trinajstić information content (AvgIpc) is 2.64. The van der Waals surface area contributed by atoms with E-state index in [4.69, 9.17) is 5.11 Å². The number of carboxylic acid groups (broad SMARTS) is 1. The Labute approximate surface area is 101 Å². The zero-order valence-electron chi connectivity index (χ0n) is 9.06. The minimum absolute atomic E-state index is 0.376. The van der Waals surface area contributed by atoms with E-state index in [0.717, 1.165) is 15.2 Å². The first-order valence-electron chi connectivity index (χ1n) is 4.93. The Bertz CT molecular complexity index is 591. The van der Waals surface area contributed by atoms with Crippen molar-refractivity contribution in [1.82, 2.24) is 10.3 Å². The standard InChI is InChI=1S/C11H10N2O3S/c1-6-13-8-3-2-7(4-9(8)17-6)11(16)12-5-10(14)15/h2-4H,5H2,1H3,(H,12,16)(H,14,15). The number of hydrogen-bond acceptors (Lipinski definition) is 4. The molecule has 0 atom stereocenters. The number of aryl methyl sites for hydroxylation is 1. The zero-order chi connectivity index (χ0) is 12.4. The summed E-state index contributed by atoms with van der Waals surface area (Å²) in [7, 11) is 0. The van der Waals surface area contributed by atoms with Crippen LogP contribution in [0.2, 0.25) is 0 Å². The Kier molecular flexibility index (Phi) is 3.06. The fourth-order valence-corrected chi connectivity index (χ4v) is 2.31. The molecule has 1 aromatic carbocycles. The molecule has 1 heterocycles. The molecule has 0 aliphatic heterocycles. The highest BCUT2D eigenvalue weighted by Crippen LogP contribution is 2.22. The summed E-state index contributed by atoms with van der Waals surface area (Å²) in [6, 6.07) is 5.12. The third kappa shape index (κ3) is 2.59.